The van der Waals surface area contributed by atoms with Crippen LogP contribution in [0.15, 0.2) is 95.0 Å². The second kappa shape index (κ2) is 14.0. The van der Waals surface area contributed by atoms with Gasteiger partial charge in [0.05, 0.1) is 11.9 Å². The van der Waals surface area contributed by atoms with Gasteiger partial charge < -0.3 is 14.5 Å². The second-order valence-electron chi connectivity index (χ2n) is 11.0. The van der Waals surface area contributed by atoms with Crippen molar-refractivity contribution in [1.29, 1.82) is 0 Å². The van der Waals surface area contributed by atoms with E-state index in [1.165, 1.54) is 0 Å². The zero-order valence-corrected chi connectivity index (χ0v) is 28.1. The predicted molar refractivity (Wildman–Crippen MR) is 192 cm³/mol. The van der Waals surface area contributed by atoms with E-state index in [2.05, 4.69) is 78.9 Å². The molecule has 46 heavy (non-hydrogen) atoms. The minimum Gasteiger partial charge on any atom is -0.456 e. The normalized spacial score (nSPS) is 14.1. The summed E-state index contributed by atoms with van der Waals surface area (Å²) in [5.74, 6) is 1.27. The molecule has 238 valence electrons. The maximum Gasteiger partial charge on any atom is 0.275 e. The Hall–Kier alpha value is -4.91. The quantitative estimate of drug-likeness (QED) is 0.176. The molecule has 0 radical (unpaired) electrons. The number of rotatable bonds is 9. The first-order chi connectivity index (χ1) is 22.5. The van der Waals surface area contributed by atoms with E-state index in [0.29, 0.717) is 5.56 Å². The summed E-state index contributed by atoms with van der Waals surface area (Å²) in [5, 5.41) is 6.47. The van der Waals surface area contributed by atoms with Crippen LogP contribution in [0, 0.1) is 6.92 Å². The van der Waals surface area contributed by atoms with Crippen LogP contribution < -0.4 is 14.5 Å². The van der Waals surface area contributed by atoms with E-state index in [0.717, 1.165) is 77.0 Å². The molecule has 0 saturated heterocycles. The van der Waals surface area contributed by atoms with Crippen molar-refractivity contribution >= 4 is 35.4 Å². The Bertz CT molecular complexity index is 1690. The fourth-order valence-corrected chi connectivity index (χ4v) is 6.56. The minimum absolute atomic E-state index is 0.166. The smallest absolute Gasteiger partial charge is 0.275 e. The Morgan fingerprint density at radius 2 is 1.26 bits per heavy atom. The van der Waals surface area contributed by atoms with E-state index in [-0.39, 0.29) is 5.91 Å². The highest BCUT2D eigenvalue weighted by Crippen LogP contribution is 2.58. The molecule has 0 atom stereocenters. The number of hydrogen-bond acceptors (Lipinski definition) is 6. The lowest BCUT2D eigenvalue weighted by Gasteiger charge is -2.42. The summed E-state index contributed by atoms with van der Waals surface area (Å²) in [4.78, 5) is 23.5. The van der Waals surface area contributed by atoms with Crippen molar-refractivity contribution < 1.29 is 9.53 Å². The van der Waals surface area contributed by atoms with Crippen LogP contribution in [-0.4, -0.2) is 49.5 Å². The van der Waals surface area contributed by atoms with Gasteiger partial charge in [0.25, 0.3) is 5.91 Å². The minimum atomic E-state index is -1.02. The molecule has 0 fully saturated rings. The molecule has 0 N–H and O–H groups in total. The fourth-order valence-electron chi connectivity index (χ4n) is 6.56. The van der Waals surface area contributed by atoms with Gasteiger partial charge in [-0.1, -0.05) is 62.4 Å². The molecule has 4 aromatic carbocycles. The number of hydrogen-bond donors (Lipinski definition) is 0. The van der Waals surface area contributed by atoms with Crippen LogP contribution in [0.4, 0.5) is 17.1 Å². The Balaban J connectivity index is 0.00000204. The average Bonchev–Trinajstić information content (AvgIpc) is 3.33. The largest absolute Gasteiger partial charge is 0.456 e. The third-order valence-corrected chi connectivity index (χ3v) is 8.82. The maximum atomic E-state index is 14.3. The summed E-state index contributed by atoms with van der Waals surface area (Å²) in [5.41, 5.74) is 6.32. The molecule has 1 amide bonds. The first kappa shape index (κ1) is 32.5. The third-order valence-electron chi connectivity index (χ3n) is 8.82. The first-order valence-corrected chi connectivity index (χ1v) is 16.5. The van der Waals surface area contributed by atoms with Crippen molar-refractivity contribution in [3.63, 3.8) is 0 Å². The summed E-state index contributed by atoms with van der Waals surface area (Å²) in [7, 11) is 0. The Labute approximate surface area is 273 Å². The molecule has 0 aliphatic carbocycles. The molecule has 0 unspecified atom stereocenters. The second-order valence-corrected chi connectivity index (χ2v) is 11.0. The monoisotopic (exact) mass is 615 g/mol. The highest BCUT2D eigenvalue weighted by atomic mass is 16.5. The number of nitrogens with zero attached hydrogens (tertiary/aromatic N) is 5. The van der Waals surface area contributed by atoms with Crippen molar-refractivity contribution in [2.75, 3.05) is 36.0 Å². The molecule has 2 aliphatic rings. The molecule has 2 aliphatic heterocycles. The lowest BCUT2D eigenvalue weighted by molar-refractivity contribution is 0.0675. The van der Waals surface area contributed by atoms with Gasteiger partial charge in [0.15, 0.2) is 0 Å². The van der Waals surface area contributed by atoms with Crippen LogP contribution in [0.2, 0.25) is 0 Å². The van der Waals surface area contributed by atoms with Gasteiger partial charge in [0, 0.05) is 78.2 Å². The molecule has 4 aromatic rings. The number of carbonyl (C=O) groups excluding carboxylic acids is 1. The number of aryl methyl sites for hydroxylation is 1. The van der Waals surface area contributed by atoms with Crippen molar-refractivity contribution in [3.05, 3.63) is 113 Å². The van der Waals surface area contributed by atoms with E-state index < -0.39 is 5.54 Å². The van der Waals surface area contributed by atoms with Crippen LogP contribution >= 0.6 is 0 Å². The molecule has 7 heteroatoms. The molecule has 0 bridgehead atoms. The Morgan fingerprint density at radius 1 is 0.717 bits per heavy atom. The molecule has 7 nitrogen and oxygen atoms in total. The van der Waals surface area contributed by atoms with Crippen molar-refractivity contribution in [1.82, 2.24) is 5.01 Å². The SMILES string of the molecule is CC.CCN(CC)c1ccc2c(c1)Oc1cc(N(CC)CC)ccc1C21c2ccccc2C(=O)N1/N=C/C=Nc1ccccc1C. The van der Waals surface area contributed by atoms with Crippen molar-refractivity contribution in [3.8, 4) is 11.5 Å². The van der Waals surface area contributed by atoms with Crippen LogP contribution in [0.5, 0.6) is 11.5 Å². The predicted octanol–water partition coefficient (Wildman–Crippen LogP) is 8.96. The van der Waals surface area contributed by atoms with Gasteiger partial charge in [-0.2, -0.15) is 5.10 Å². The van der Waals surface area contributed by atoms with Gasteiger partial charge in [-0.25, -0.2) is 5.01 Å². The standard InChI is InChI=1S/C37H39N5O2.C2H6/c1-6-40(7-2)27-18-20-31-34(24-27)44-35-25-28(41(8-3)9-4)19-21-32(35)37(31)30-16-12-11-15-29(30)36(43)42(37)39-23-22-38-33-17-13-10-14-26(33)5;1-2/h10-25H,6-9H2,1-5H3;1-2H3/b38-22?,39-23+;. The number of fused-ring (bicyclic) bond motifs is 6. The van der Waals surface area contributed by atoms with E-state index in [4.69, 9.17) is 9.84 Å². The molecular weight excluding hydrogens is 570 g/mol. The van der Waals surface area contributed by atoms with E-state index in [1.807, 2.05) is 69.3 Å². The van der Waals surface area contributed by atoms with Gasteiger partial charge in [-0.3, -0.25) is 9.79 Å². The van der Waals surface area contributed by atoms with E-state index >= 15 is 0 Å². The third kappa shape index (κ3) is 5.44. The summed E-state index contributed by atoms with van der Waals surface area (Å²) in [6, 6.07) is 28.4. The van der Waals surface area contributed by atoms with E-state index in [1.54, 1.807) is 17.4 Å². The Kier molecular flexibility index (Phi) is 9.90. The number of benzene rings is 4. The summed E-state index contributed by atoms with van der Waals surface area (Å²) < 4.78 is 6.75. The number of hydrazone groups is 1. The zero-order valence-electron chi connectivity index (χ0n) is 28.1. The number of ether oxygens (including phenoxy) is 1. The maximum absolute atomic E-state index is 14.3. The number of carbonyl (C=O) groups is 1. The topological polar surface area (TPSA) is 60.7 Å². The van der Waals surface area contributed by atoms with Crippen LogP contribution in [0.3, 0.4) is 0 Å². The number of para-hydroxylation sites is 1. The van der Waals surface area contributed by atoms with Crippen molar-refractivity contribution in [2.45, 2.75) is 54.0 Å². The van der Waals surface area contributed by atoms with E-state index in [9.17, 15) is 4.79 Å². The number of aliphatic imine (C=N–C) groups is 1. The number of amides is 1. The lowest BCUT2D eigenvalue weighted by Crippen LogP contribution is -2.44. The van der Waals surface area contributed by atoms with Gasteiger partial charge >= 0.3 is 0 Å². The molecule has 6 rings (SSSR count). The molecule has 0 aromatic heterocycles. The van der Waals surface area contributed by atoms with Crippen LogP contribution in [0.25, 0.3) is 0 Å². The highest BCUT2D eigenvalue weighted by Gasteiger charge is 2.57. The molecular formula is C39H45N5O2. The van der Waals surface area contributed by atoms with Crippen molar-refractivity contribution in [2.24, 2.45) is 10.1 Å². The average molecular weight is 616 g/mol. The van der Waals surface area contributed by atoms with Gasteiger partial charge in [0.1, 0.15) is 17.0 Å². The molecule has 2 heterocycles. The molecule has 0 saturated carbocycles. The fraction of sp³-hybridized carbons (Fsp3) is 0.308. The van der Waals surface area contributed by atoms with Crippen LogP contribution in [-0.2, 0) is 5.54 Å². The summed E-state index contributed by atoms with van der Waals surface area (Å²) in [6.45, 7) is 18.1. The zero-order chi connectivity index (χ0) is 32.8. The van der Waals surface area contributed by atoms with Gasteiger partial charge in [-0.15, -0.1) is 0 Å². The summed E-state index contributed by atoms with van der Waals surface area (Å²) in [6.07, 6.45) is 3.27. The highest BCUT2D eigenvalue weighted by molar-refractivity contribution is 6.17. The lowest BCUT2D eigenvalue weighted by atomic mass is 9.75. The first-order valence-electron chi connectivity index (χ1n) is 16.5. The van der Waals surface area contributed by atoms with Gasteiger partial charge in [-0.05, 0) is 64.4 Å². The molecule has 1 spiro atoms. The number of anilines is 2. The van der Waals surface area contributed by atoms with Gasteiger partial charge in [0.2, 0.25) is 0 Å². The van der Waals surface area contributed by atoms with Crippen LogP contribution in [0.1, 0.15) is 74.2 Å². The Morgan fingerprint density at radius 3 is 1.83 bits per heavy atom. The summed E-state index contributed by atoms with van der Waals surface area (Å²) >= 11 is 0.